The third-order valence-corrected chi connectivity index (χ3v) is 1.50. The van der Waals surface area contributed by atoms with Gasteiger partial charge in [-0.15, -0.1) is 13.2 Å². The maximum Gasteiger partial charge on any atom is 0.573 e. The average molecular weight is 207 g/mol. The lowest BCUT2D eigenvalue weighted by Gasteiger charge is -2.10. The van der Waals surface area contributed by atoms with E-state index in [1.165, 1.54) is 18.2 Å². The lowest BCUT2D eigenvalue weighted by atomic mass is 9.94. The van der Waals surface area contributed by atoms with E-state index in [4.69, 9.17) is 11.5 Å². The highest BCUT2D eigenvalue weighted by Gasteiger charge is 2.31. The van der Waals surface area contributed by atoms with Gasteiger partial charge in [-0.25, -0.2) is 0 Å². The Morgan fingerprint density at radius 2 is 1.85 bits per heavy atom. The summed E-state index contributed by atoms with van der Waals surface area (Å²) in [6.45, 7) is 1.03. The highest BCUT2D eigenvalue weighted by atomic mass is 35.5. The molecule has 1 radical (unpaired) electrons. The van der Waals surface area contributed by atoms with E-state index in [9.17, 15) is 13.2 Å². The zero-order valence-corrected chi connectivity index (χ0v) is 7.06. The lowest BCUT2D eigenvalue weighted by molar-refractivity contribution is -0.274. The van der Waals surface area contributed by atoms with Crippen molar-refractivity contribution < 1.29 is 17.9 Å². The summed E-state index contributed by atoms with van der Waals surface area (Å²) in [5, 5.41) is 0. The van der Waals surface area contributed by atoms with Crippen LogP contribution < -0.4 is 10.2 Å². The van der Waals surface area contributed by atoms with Crippen LogP contribution in [0.3, 0.4) is 0 Å². The van der Waals surface area contributed by atoms with Crippen LogP contribution in [-0.4, -0.2) is 13.1 Å². The molecule has 13 heavy (non-hydrogen) atoms. The number of ether oxygens (including phenoxy) is 1. The Morgan fingerprint density at radius 1 is 1.23 bits per heavy atom. The average Bonchev–Trinajstić information content (AvgIpc) is 2.02. The highest BCUT2D eigenvalue weighted by molar-refractivity contribution is 7.01. The summed E-state index contributed by atoms with van der Waals surface area (Å²) >= 11 is 5.29. The summed E-state index contributed by atoms with van der Waals surface area (Å²) < 4.78 is 39.0. The van der Waals surface area contributed by atoms with Crippen LogP contribution in [0.4, 0.5) is 13.2 Å². The van der Waals surface area contributed by atoms with E-state index in [1.807, 2.05) is 0 Å². The zero-order valence-electron chi connectivity index (χ0n) is 6.31. The second-order valence-electron chi connectivity index (χ2n) is 2.19. The van der Waals surface area contributed by atoms with Crippen LogP contribution in [0.25, 0.3) is 0 Å². The maximum absolute atomic E-state index is 11.8. The first-order valence-electron chi connectivity index (χ1n) is 3.31. The molecule has 0 heterocycles. The van der Waals surface area contributed by atoms with Crippen molar-refractivity contribution in [3.63, 3.8) is 0 Å². The smallest absolute Gasteiger partial charge is 0.406 e. The van der Waals surface area contributed by atoms with Gasteiger partial charge in [-0.2, -0.15) is 11.5 Å². The summed E-state index contributed by atoms with van der Waals surface area (Å²) in [5.41, 5.74) is 0.196. The molecule has 0 fully saturated rings. The standard InChI is InChI=1S/C7H4BClF3O/c9-8-5-3-1-2-4-6(5)13-7(10,11)12/h1-4H. The minimum atomic E-state index is -4.68. The van der Waals surface area contributed by atoms with Gasteiger partial charge in [0.05, 0.1) is 0 Å². The largest absolute Gasteiger partial charge is 0.573 e. The quantitative estimate of drug-likeness (QED) is 0.675. The molecule has 1 aromatic carbocycles. The second-order valence-corrected chi connectivity index (χ2v) is 2.41. The molecule has 0 unspecified atom stereocenters. The van der Waals surface area contributed by atoms with E-state index in [1.54, 1.807) is 6.07 Å². The van der Waals surface area contributed by atoms with Crippen LogP contribution in [0.5, 0.6) is 5.75 Å². The van der Waals surface area contributed by atoms with Crippen molar-refractivity contribution in [2.45, 2.75) is 6.36 Å². The second kappa shape index (κ2) is 3.92. The number of hydrogen-bond acceptors (Lipinski definition) is 1. The van der Waals surface area contributed by atoms with Gasteiger partial charge < -0.3 is 4.74 Å². The molecule has 0 aliphatic rings. The van der Waals surface area contributed by atoms with Gasteiger partial charge in [-0.3, -0.25) is 0 Å². The van der Waals surface area contributed by atoms with Crippen molar-refractivity contribution in [1.82, 2.24) is 0 Å². The van der Waals surface area contributed by atoms with E-state index in [2.05, 4.69) is 4.74 Å². The van der Waals surface area contributed by atoms with Gasteiger partial charge in [-0.1, -0.05) is 18.2 Å². The molecular formula is C7H4BClF3O. The highest BCUT2D eigenvalue weighted by Crippen LogP contribution is 2.20. The monoisotopic (exact) mass is 207 g/mol. The van der Waals surface area contributed by atoms with Gasteiger partial charge >= 0.3 is 6.36 Å². The van der Waals surface area contributed by atoms with Gasteiger partial charge in [0.15, 0.2) is 0 Å². The minimum Gasteiger partial charge on any atom is -0.406 e. The molecule has 0 atom stereocenters. The number of para-hydroxylation sites is 1. The number of rotatable bonds is 2. The Kier molecular flexibility index (Phi) is 3.09. The molecule has 0 aliphatic carbocycles. The molecule has 0 N–H and O–H groups in total. The van der Waals surface area contributed by atoms with Gasteiger partial charge in [0.25, 0.3) is 6.69 Å². The van der Waals surface area contributed by atoms with Crippen LogP contribution in [0, 0.1) is 0 Å². The minimum absolute atomic E-state index is 0.196. The predicted octanol–water partition coefficient (Wildman–Crippen LogP) is 2.07. The molecule has 69 valence electrons. The number of alkyl halides is 3. The van der Waals surface area contributed by atoms with E-state index in [-0.39, 0.29) is 11.2 Å². The summed E-state index contributed by atoms with van der Waals surface area (Å²) in [5.74, 6) is -0.301. The molecule has 0 saturated carbocycles. The van der Waals surface area contributed by atoms with Gasteiger partial charge in [-0.05, 0) is 11.5 Å². The van der Waals surface area contributed by atoms with Crippen LogP contribution in [0.15, 0.2) is 24.3 Å². The van der Waals surface area contributed by atoms with Crippen molar-refractivity contribution in [3.8, 4) is 5.75 Å². The van der Waals surface area contributed by atoms with Gasteiger partial charge in [0.2, 0.25) is 0 Å². The fraction of sp³-hybridized carbons (Fsp3) is 0.143. The summed E-state index contributed by atoms with van der Waals surface area (Å²) in [7, 11) is 0. The fourth-order valence-corrected chi connectivity index (χ4v) is 0.969. The van der Waals surface area contributed by atoms with Crippen molar-refractivity contribution in [1.29, 1.82) is 0 Å². The Labute approximate surface area is 78.6 Å². The third kappa shape index (κ3) is 3.18. The molecule has 0 aliphatic heterocycles. The fourth-order valence-electron chi connectivity index (χ4n) is 0.788. The SMILES string of the molecule is FC(F)(F)Oc1ccccc1[B]Cl. The van der Waals surface area contributed by atoms with Crippen LogP contribution in [-0.2, 0) is 0 Å². The first-order valence-corrected chi connectivity index (χ1v) is 3.75. The Balaban J connectivity index is 2.87. The van der Waals surface area contributed by atoms with Crippen LogP contribution in [0.2, 0.25) is 0 Å². The van der Waals surface area contributed by atoms with E-state index in [0.29, 0.717) is 0 Å². The Morgan fingerprint density at radius 3 is 2.38 bits per heavy atom. The van der Waals surface area contributed by atoms with Crippen LogP contribution in [0.1, 0.15) is 0 Å². The lowest BCUT2D eigenvalue weighted by Crippen LogP contribution is -2.23. The molecule has 1 nitrogen and oxygen atoms in total. The molecule has 6 heteroatoms. The number of hydrogen-bond donors (Lipinski definition) is 0. The number of halogens is 4. The molecular weight excluding hydrogens is 203 g/mol. The predicted molar refractivity (Wildman–Crippen MR) is 44.4 cm³/mol. The van der Waals surface area contributed by atoms with Gasteiger partial charge in [0, 0.05) is 0 Å². The maximum atomic E-state index is 11.8. The zero-order chi connectivity index (χ0) is 9.90. The van der Waals surface area contributed by atoms with E-state index >= 15 is 0 Å². The molecule has 1 rings (SSSR count). The Bertz CT molecular complexity index is 289. The van der Waals surface area contributed by atoms with Crippen molar-refractivity contribution >= 4 is 23.6 Å². The first kappa shape index (κ1) is 10.2. The normalized spacial score (nSPS) is 11.1. The third-order valence-electron chi connectivity index (χ3n) is 1.26. The summed E-state index contributed by atoms with van der Waals surface area (Å²) in [4.78, 5) is 0. The first-order chi connectivity index (χ1) is 6.03. The van der Waals surface area contributed by atoms with Crippen molar-refractivity contribution in [2.24, 2.45) is 0 Å². The van der Waals surface area contributed by atoms with E-state index in [0.717, 1.165) is 6.69 Å². The molecule has 0 aromatic heterocycles. The molecule has 0 spiro atoms. The van der Waals surface area contributed by atoms with Crippen molar-refractivity contribution in [3.05, 3.63) is 24.3 Å². The molecule has 0 amide bonds. The Hall–Kier alpha value is -0.835. The van der Waals surface area contributed by atoms with Crippen LogP contribution >= 0.6 is 11.5 Å². The van der Waals surface area contributed by atoms with E-state index < -0.39 is 6.36 Å². The molecule has 1 aromatic rings. The summed E-state index contributed by atoms with van der Waals surface area (Å²) in [6.07, 6.45) is -4.68. The molecule has 0 saturated heterocycles. The summed E-state index contributed by atoms with van der Waals surface area (Å²) in [6, 6.07) is 5.62. The van der Waals surface area contributed by atoms with Crippen molar-refractivity contribution in [2.75, 3.05) is 0 Å². The van der Waals surface area contributed by atoms with Gasteiger partial charge in [0.1, 0.15) is 5.75 Å². The topological polar surface area (TPSA) is 9.23 Å². The number of benzene rings is 1. The molecule has 0 bridgehead atoms.